The smallest absolute Gasteiger partial charge is 0.278 e. The number of pyridine rings is 1. The maximum absolute atomic E-state index is 14.1. The third kappa shape index (κ3) is 4.21. The quantitative estimate of drug-likeness (QED) is 0.316. The number of amides is 1. The van der Waals surface area contributed by atoms with E-state index >= 15 is 0 Å². The van der Waals surface area contributed by atoms with Crippen molar-refractivity contribution in [2.75, 3.05) is 24.8 Å². The maximum Gasteiger partial charge on any atom is 0.278 e. The summed E-state index contributed by atoms with van der Waals surface area (Å²) in [5.41, 5.74) is 3.39. The highest BCUT2D eigenvalue weighted by molar-refractivity contribution is 7.98. The van der Waals surface area contributed by atoms with E-state index in [2.05, 4.69) is 42.3 Å². The van der Waals surface area contributed by atoms with E-state index in [9.17, 15) is 9.59 Å². The highest BCUT2D eigenvalue weighted by atomic mass is 32.2. The second-order valence-corrected chi connectivity index (χ2v) is 11.5. The van der Waals surface area contributed by atoms with Gasteiger partial charge in [0.2, 0.25) is 5.43 Å². The molecule has 3 aromatic carbocycles. The zero-order chi connectivity index (χ0) is 28.0. The minimum Gasteiger partial charge on any atom is -0.489 e. The van der Waals surface area contributed by atoms with Crippen molar-refractivity contribution < 1.29 is 14.3 Å². The van der Waals surface area contributed by atoms with E-state index in [1.54, 1.807) is 22.9 Å². The summed E-state index contributed by atoms with van der Waals surface area (Å²) in [6.07, 6.45) is 5.59. The molecular formula is C33H29N3O4S. The van der Waals surface area contributed by atoms with Gasteiger partial charge in [0, 0.05) is 35.0 Å². The fraction of sp³-hybridized carbons (Fsp3) is 0.212. The lowest BCUT2D eigenvalue weighted by molar-refractivity contribution is 0.0681. The molecule has 0 saturated carbocycles. The van der Waals surface area contributed by atoms with Gasteiger partial charge >= 0.3 is 0 Å². The van der Waals surface area contributed by atoms with Gasteiger partial charge in [0.25, 0.3) is 5.91 Å². The van der Waals surface area contributed by atoms with Gasteiger partial charge in [-0.2, -0.15) is 0 Å². The van der Waals surface area contributed by atoms with Crippen LogP contribution in [-0.2, 0) is 17.9 Å². The average molecular weight is 564 g/mol. The van der Waals surface area contributed by atoms with Crippen LogP contribution in [0.1, 0.15) is 39.7 Å². The van der Waals surface area contributed by atoms with Crippen molar-refractivity contribution in [2.45, 2.75) is 29.7 Å². The normalized spacial score (nSPS) is 20.0. The zero-order valence-electron chi connectivity index (χ0n) is 22.7. The second kappa shape index (κ2) is 10.2. The largest absolute Gasteiger partial charge is 0.489 e. The number of thioether (sulfide) groups is 1. The van der Waals surface area contributed by atoms with E-state index in [0.29, 0.717) is 19.8 Å². The summed E-state index contributed by atoms with van der Waals surface area (Å²) in [6.45, 7) is 3.43. The molecule has 7 nitrogen and oxygen atoms in total. The molecule has 4 heterocycles. The zero-order valence-corrected chi connectivity index (χ0v) is 23.5. The maximum atomic E-state index is 14.1. The summed E-state index contributed by atoms with van der Waals surface area (Å²) in [4.78, 5) is 30.3. The van der Waals surface area contributed by atoms with Crippen molar-refractivity contribution in [1.29, 1.82) is 0 Å². The van der Waals surface area contributed by atoms with Crippen LogP contribution in [0.25, 0.3) is 0 Å². The number of rotatable bonds is 3. The Labute approximate surface area is 242 Å². The lowest BCUT2D eigenvalue weighted by Crippen LogP contribution is -2.62. The van der Waals surface area contributed by atoms with Crippen LogP contribution < -0.4 is 19.9 Å². The van der Waals surface area contributed by atoms with Crippen LogP contribution in [0.5, 0.6) is 11.5 Å². The van der Waals surface area contributed by atoms with Crippen molar-refractivity contribution in [1.82, 2.24) is 9.58 Å². The molecule has 1 atom stereocenters. The van der Waals surface area contributed by atoms with E-state index in [-0.39, 0.29) is 29.4 Å². The van der Waals surface area contributed by atoms with Crippen LogP contribution in [0.4, 0.5) is 0 Å². The molecule has 8 heteroatoms. The topological polar surface area (TPSA) is 64.0 Å². The molecule has 0 saturated heterocycles. The van der Waals surface area contributed by atoms with Gasteiger partial charge in [0.05, 0.1) is 0 Å². The molecular weight excluding hydrogens is 534 g/mol. The number of nitrogens with zero attached hydrogens (tertiary/aromatic N) is 3. The number of ether oxygens (including phenoxy) is 2. The molecule has 2 bridgehead atoms. The van der Waals surface area contributed by atoms with Gasteiger partial charge in [-0.3, -0.25) is 19.3 Å². The average Bonchev–Trinajstić information content (AvgIpc) is 3.14. The van der Waals surface area contributed by atoms with Crippen LogP contribution in [0.3, 0.4) is 0 Å². The Bertz CT molecular complexity index is 1730. The van der Waals surface area contributed by atoms with Gasteiger partial charge in [0.15, 0.2) is 11.4 Å². The first-order chi connectivity index (χ1) is 20.1. The number of aromatic nitrogens is 1. The molecule has 1 amide bonds. The molecule has 206 valence electrons. The molecule has 41 heavy (non-hydrogen) atoms. The van der Waals surface area contributed by atoms with Crippen LogP contribution in [-0.4, -0.2) is 35.3 Å². The van der Waals surface area contributed by atoms with Crippen molar-refractivity contribution in [3.8, 4) is 11.5 Å². The first-order valence-corrected chi connectivity index (χ1v) is 14.7. The SMILES string of the molecule is C[C@@]12c3ccccc3SCc3cccc(c31)OC/C=C\CN1CN2n2ccc(=O)c(OCc3ccccc3)c2C1=O. The van der Waals surface area contributed by atoms with E-state index in [1.165, 1.54) is 11.6 Å². The summed E-state index contributed by atoms with van der Waals surface area (Å²) >= 11 is 1.80. The third-order valence-corrected chi connectivity index (χ3v) is 9.18. The lowest BCUT2D eigenvalue weighted by Gasteiger charge is -2.50. The summed E-state index contributed by atoms with van der Waals surface area (Å²) in [5, 5.41) is 2.17. The van der Waals surface area contributed by atoms with Gasteiger partial charge in [-0.15, -0.1) is 11.8 Å². The predicted octanol–water partition coefficient (Wildman–Crippen LogP) is 5.30. The van der Waals surface area contributed by atoms with Crippen LogP contribution in [0.15, 0.2) is 107 Å². The van der Waals surface area contributed by atoms with Crippen molar-refractivity contribution in [3.63, 3.8) is 0 Å². The summed E-state index contributed by atoms with van der Waals surface area (Å²) in [6, 6.07) is 25.8. The molecule has 0 spiro atoms. The first-order valence-electron chi connectivity index (χ1n) is 13.7. The molecule has 0 radical (unpaired) electrons. The number of hydrogen-bond acceptors (Lipinski definition) is 6. The molecule has 3 aliphatic heterocycles. The van der Waals surface area contributed by atoms with Gasteiger partial charge in [-0.05, 0) is 41.8 Å². The highest BCUT2D eigenvalue weighted by Gasteiger charge is 2.47. The fourth-order valence-corrected chi connectivity index (χ4v) is 7.20. The molecule has 1 aromatic heterocycles. The van der Waals surface area contributed by atoms with Crippen molar-refractivity contribution >= 4 is 17.7 Å². The number of benzene rings is 3. The minimum atomic E-state index is -0.754. The van der Waals surface area contributed by atoms with E-state index < -0.39 is 5.54 Å². The van der Waals surface area contributed by atoms with Crippen molar-refractivity contribution in [3.05, 3.63) is 135 Å². The molecule has 0 aliphatic carbocycles. The molecule has 7 rings (SSSR count). The second-order valence-electron chi connectivity index (χ2n) is 10.5. The minimum absolute atomic E-state index is 0.0551. The molecule has 0 unspecified atom stereocenters. The molecule has 4 aromatic rings. The summed E-state index contributed by atoms with van der Waals surface area (Å²) in [7, 11) is 0. The Hall–Kier alpha value is -4.43. The molecule has 3 aliphatic rings. The number of carbonyl (C=O) groups excluding carboxylic acids is 1. The Balaban J connectivity index is 1.49. The van der Waals surface area contributed by atoms with Crippen LogP contribution >= 0.6 is 11.8 Å². The molecule has 0 fully saturated rings. The summed E-state index contributed by atoms with van der Waals surface area (Å²) < 4.78 is 14.4. The Kier molecular flexibility index (Phi) is 6.35. The fourth-order valence-electron chi connectivity index (χ4n) is 6.05. The van der Waals surface area contributed by atoms with Gasteiger partial charge < -0.3 is 14.4 Å². The predicted molar refractivity (Wildman–Crippen MR) is 159 cm³/mol. The Morgan fingerprint density at radius 3 is 2.66 bits per heavy atom. The van der Waals surface area contributed by atoms with Gasteiger partial charge in [-0.1, -0.05) is 66.7 Å². The summed E-state index contributed by atoms with van der Waals surface area (Å²) in [5.74, 6) is 1.40. The van der Waals surface area contributed by atoms with E-state index in [4.69, 9.17) is 9.47 Å². The Morgan fingerprint density at radius 1 is 0.951 bits per heavy atom. The van der Waals surface area contributed by atoms with E-state index in [0.717, 1.165) is 33.1 Å². The number of fused-ring (bicyclic) bond motifs is 7. The van der Waals surface area contributed by atoms with Crippen LogP contribution in [0, 0.1) is 0 Å². The Morgan fingerprint density at radius 2 is 1.78 bits per heavy atom. The first kappa shape index (κ1) is 25.5. The number of hydrogen-bond donors (Lipinski definition) is 0. The molecule has 0 N–H and O–H groups in total. The van der Waals surface area contributed by atoms with Gasteiger partial charge in [0.1, 0.15) is 31.2 Å². The van der Waals surface area contributed by atoms with E-state index in [1.807, 2.05) is 59.3 Å². The van der Waals surface area contributed by atoms with Gasteiger partial charge in [-0.25, -0.2) is 0 Å². The lowest BCUT2D eigenvalue weighted by atomic mass is 9.80. The highest BCUT2D eigenvalue weighted by Crippen LogP contribution is 2.50. The third-order valence-electron chi connectivity index (χ3n) is 8.05. The standard InChI is InChI=1S/C33H29N3O4S/c1-33-25-13-5-6-15-28(25)41-21-24-12-9-14-27(29(24)33)39-19-8-7-17-34-22-36(33)35-18-16-26(37)31(30(35)32(34)38)40-20-23-10-3-2-4-11-23/h2-16,18H,17,19-22H2,1H3/b8-7-/t33-/m1/s1. The van der Waals surface area contributed by atoms with Crippen LogP contribution in [0.2, 0.25) is 0 Å². The number of carbonyl (C=O) groups is 1. The monoisotopic (exact) mass is 563 g/mol. The van der Waals surface area contributed by atoms with Crippen molar-refractivity contribution in [2.24, 2.45) is 0 Å².